The fourth-order valence-corrected chi connectivity index (χ4v) is 1.30. The van der Waals surface area contributed by atoms with Crippen molar-refractivity contribution in [2.75, 3.05) is 7.11 Å². The third-order valence-corrected chi connectivity index (χ3v) is 2.17. The average Bonchev–Trinajstić information content (AvgIpc) is 2.75. The molecule has 2 heterocycles. The van der Waals surface area contributed by atoms with Crippen LogP contribution in [0.1, 0.15) is 18.1 Å². The quantitative estimate of drug-likeness (QED) is 0.706. The number of aliphatic hydroxyl groups is 1. The lowest BCUT2D eigenvalue weighted by Crippen LogP contribution is -2.08. The lowest BCUT2D eigenvalue weighted by Gasteiger charge is -2.08. The smallest absolute Gasteiger partial charge is 0.308 e. The Morgan fingerprint density at radius 1 is 1.62 bits per heavy atom. The number of methoxy groups -OCH3 is 1. The monoisotopic (exact) mass is 222 g/mol. The number of esters is 1. The molecule has 0 spiro atoms. The van der Waals surface area contributed by atoms with E-state index < -0.39 is 12.1 Å². The topological polar surface area (TPSA) is 101 Å². The number of rotatable bonds is 3. The van der Waals surface area contributed by atoms with Gasteiger partial charge in [-0.15, -0.1) is 5.10 Å². The van der Waals surface area contributed by atoms with Gasteiger partial charge in [-0.25, -0.2) is 4.98 Å². The first-order valence-corrected chi connectivity index (χ1v) is 4.62. The molecule has 16 heavy (non-hydrogen) atoms. The van der Waals surface area contributed by atoms with Crippen molar-refractivity contribution in [3.05, 3.63) is 17.8 Å². The summed E-state index contributed by atoms with van der Waals surface area (Å²) in [5.41, 5.74) is 1.52. The number of hydrogen-bond donors (Lipinski definition) is 2. The minimum atomic E-state index is -0.943. The van der Waals surface area contributed by atoms with Crippen LogP contribution in [0, 0.1) is 0 Å². The molecule has 0 saturated carbocycles. The van der Waals surface area contributed by atoms with Crippen molar-refractivity contribution in [1.29, 1.82) is 0 Å². The number of pyridine rings is 1. The van der Waals surface area contributed by atoms with Crippen LogP contribution in [0.4, 0.5) is 0 Å². The number of carbonyl (C=O) groups is 1. The standard InChI is InChI=1S/C9H10N4O3/c1-16-8(15)3-7(14)5-2-6-9(10-4-5)12-13-11-6/h2,4,7,14H,3H2,1H3,(H,10,11,12,13)/t7-/m1/s1. The number of aromatic nitrogens is 4. The van der Waals surface area contributed by atoms with Crippen molar-refractivity contribution < 1.29 is 14.6 Å². The van der Waals surface area contributed by atoms with Gasteiger partial charge in [-0.3, -0.25) is 4.79 Å². The summed E-state index contributed by atoms with van der Waals surface area (Å²) >= 11 is 0. The summed E-state index contributed by atoms with van der Waals surface area (Å²) in [6.07, 6.45) is 0.404. The highest BCUT2D eigenvalue weighted by atomic mass is 16.5. The summed E-state index contributed by atoms with van der Waals surface area (Å²) in [5.74, 6) is -0.479. The lowest BCUT2D eigenvalue weighted by atomic mass is 10.1. The van der Waals surface area contributed by atoms with Gasteiger partial charge in [0.05, 0.1) is 19.6 Å². The molecule has 2 aromatic heterocycles. The van der Waals surface area contributed by atoms with Gasteiger partial charge in [0, 0.05) is 11.8 Å². The SMILES string of the molecule is COC(=O)C[C@@H](O)c1cnc2n[nH]nc2c1. The molecule has 0 aliphatic heterocycles. The van der Waals surface area contributed by atoms with E-state index in [2.05, 4.69) is 25.1 Å². The van der Waals surface area contributed by atoms with E-state index in [-0.39, 0.29) is 6.42 Å². The van der Waals surface area contributed by atoms with Crippen molar-refractivity contribution >= 4 is 17.1 Å². The third kappa shape index (κ3) is 1.98. The first kappa shape index (κ1) is 10.5. The Morgan fingerprint density at radius 2 is 2.44 bits per heavy atom. The largest absolute Gasteiger partial charge is 0.469 e. The average molecular weight is 222 g/mol. The van der Waals surface area contributed by atoms with E-state index in [0.717, 1.165) is 0 Å². The predicted octanol–water partition coefficient (Wildman–Crippen LogP) is -0.0506. The third-order valence-electron chi connectivity index (χ3n) is 2.17. The number of nitrogens with one attached hydrogen (secondary N) is 1. The van der Waals surface area contributed by atoms with Gasteiger partial charge in [0.1, 0.15) is 5.52 Å². The Labute approximate surface area is 90.4 Å². The number of aliphatic hydroxyl groups excluding tert-OH is 1. The van der Waals surface area contributed by atoms with E-state index in [0.29, 0.717) is 16.7 Å². The first-order valence-electron chi connectivity index (χ1n) is 4.62. The first-order chi connectivity index (χ1) is 7.70. The molecule has 2 rings (SSSR count). The number of H-pyrrole nitrogens is 1. The van der Waals surface area contributed by atoms with Crippen LogP contribution < -0.4 is 0 Å². The van der Waals surface area contributed by atoms with Gasteiger partial charge >= 0.3 is 5.97 Å². The summed E-state index contributed by atoms with van der Waals surface area (Å²) < 4.78 is 4.46. The highest BCUT2D eigenvalue weighted by Crippen LogP contribution is 2.18. The van der Waals surface area contributed by atoms with Crippen molar-refractivity contribution in [2.45, 2.75) is 12.5 Å². The molecule has 0 aliphatic carbocycles. The van der Waals surface area contributed by atoms with Crippen LogP contribution in [0.5, 0.6) is 0 Å². The van der Waals surface area contributed by atoms with Crippen LogP contribution in [-0.4, -0.2) is 38.6 Å². The summed E-state index contributed by atoms with van der Waals surface area (Å²) in [6, 6.07) is 1.62. The molecule has 0 radical (unpaired) electrons. The van der Waals surface area contributed by atoms with Crippen LogP contribution >= 0.6 is 0 Å². The predicted molar refractivity (Wildman–Crippen MR) is 53.3 cm³/mol. The Bertz CT molecular complexity index is 510. The fraction of sp³-hybridized carbons (Fsp3) is 0.333. The zero-order chi connectivity index (χ0) is 11.5. The number of nitrogens with zero attached hydrogens (tertiary/aromatic N) is 3. The molecule has 1 atom stereocenters. The molecule has 0 amide bonds. The zero-order valence-corrected chi connectivity index (χ0v) is 8.54. The van der Waals surface area contributed by atoms with Gasteiger partial charge in [0.2, 0.25) is 5.65 Å². The Morgan fingerprint density at radius 3 is 3.19 bits per heavy atom. The molecular weight excluding hydrogens is 212 g/mol. The highest BCUT2D eigenvalue weighted by molar-refractivity contribution is 5.71. The van der Waals surface area contributed by atoms with E-state index in [4.69, 9.17) is 0 Å². The van der Waals surface area contributed by atoms with Crippen molar-refractivity contribution in [3.63, 3.8) is 0 Å². The molecule has 0 unspecified atom stereocenters. The second-order valence-electron chi connectivity index (χ2n) is 3.23. The molecule has 0 bridgehead atoms. The van der Waals surface area contributed by atoms with Gasteiger partial charge in [-0.05, 0) is 6.07 Å². The van der Waals surface area contributed by atoms with E-state index in [1.807, 2.05) is 0 Å². The Hall–Kier alpha value is -2.02. The molecule has 7 heteroatoms. The van der Waals surface area contributed by atoms with Gasteiger partial charge in [-0.1, -0.05) is 0 Å². The molecule has 0 saturated heterocycles. The van der Waals surface area contributed by atoms with Crippen molar-refractivity contribution in [3.8, 4) is 0 Å². The summed E-state index contributed by atoms with van der Waals surface area (Å²) in [7, 11) is 1.27. The normalized spacial score (nSPS) is 12.6. The van der Waals surface area contributed by atoms with E-state index >= 15 is 0 Å². The van der Waals surface area contributed by atoms with E-state index in [9.17, 15) is 9.90 Å². The molecule has 0 fully saturated rings. The van der Waals surface area contributed by atoms with E-state index in [1.165, 1.54) is 13.3 Å². The minimum Gasteiger partial charge on any atom is -0.469 e. The van der Waals surface area contributed by atoms with Crippen LogP contribution in [0.25, 0.3) is 11.2 Å². The minimum absolute atomic E-state index is 0.110. The lowest BCUT2D eigenvalue weighted by molar-refractivity contribution is -0.142. The van der Waals surface area contributed by atoms with Gasteiger partial charge in [-0.2, -0.15) is 10.3 Å². The zero-order valence-electron chi connectivity index (χ0n) is 8.54. The molecule has 0 aromatic carbocycles. The molecule has 0 aliphatic rings. The molecular formula is C9H10N4O3. The summed E-state index contributed by atoms with van der Waals surface area (Å²) in [5, 5.41) is 19.8. The molecule has 2 N–H and O–H groups in total. The van der Waals surface area contributed by atoms with Crippen LogP contribution in [0.3, 0.4) is 0 Å². The van der Waals surface area contributed by atoms with Crippen molar-refractivity contribution in [2.24, 2.45) is 0 Å². The number of ether oxygens (including phenoxy) is 1. The molecule has 7 nitrogen and oxygen atoms in total. The number of aromatic amines is 1. The van der Waals surface area contributed by atoms with Gasteiger partial charge in [0.15, 0.2) is 0 Å². The number of carbonyl (C=O) groups excluding carboxylic acids is 1. The maximum absolute atomic E-state index is 11.0. The second-order valence-corrected chi connectivity index (χ2v) is 3.23. The molecule has 84 valence electrons. The summed E-state index contributed by atoms with van der Waals surface area (Å²) in [6.45, 7) is 0. The number of hydrogen-bond acceptors (Lipinski definition) is 6. The summed E-state index contributed by atoms with van der Waals surface area (Å²) in [4.78, 5) is 15.0. The van der Waals surface area contributed by atoms with Crippen molar-refractivity contribution in [1.82, 2.24) is 20.4 Å². The van der Waals surface area contributed by atoms with Gasteiger partial charge in [0.25, 0.3) is 0 Å². The maximum Gasteiger partial charge on any atom is 0.308 e. The maximum atomic E-state index is 11.0. The van der Waals surface area contributed by atoms with E-state index in [1.54, 1.807) is 6.07 Å². The van der Waals surface area contributed by atoms with Crippen LogP contribution in [0.2, 0.25) is 0 Å². The number of fused-ring (bicyclic) bond motifs is 1. The van der Waals surface area contributed by atoms with Crippen LogP contribution in [0.15, 0.2) is 12.3 Å². The van der Waals surface area contributed by atoms with Gasteiger partial charge < -0.3 is 9.84 Å². The molecule has 2 aromatic rings. The second kappa shape index (κ2) is 4.23. The highest BCUT2D eigenvalue weighted by Gasteiger charge is 2.14. The Balaban J connectivity index is 2.22. The Kier molecular flexibility index (Phi) is 2.78. The van der Waals surface area contributed by atoms with Crippen LogP contribution in [-0.2, 0) is 9.53 Å². The fourth-order valence-electron chi connectivity index (χ4n) is 1.30.